The maximum atomic E-state index is 11.7. The number of carbonyl (C=O) groups is 2. The summed E-state index contributed by atoms with van der Waals surface area (Å²) in [5.74, 6) is 0.751. The van der Waals surface area contributed by atoms with Crippen molar-refractivity contribution < 1.29 is 9.59 Å². The summed E-state index contributed by atoms with van der Waals surface area (Å²) in [6, 6.07) is 7.85. The van der Waals surface area contributed by atoms with Crippen molar-refractivity contribution in [2.45, 2.75) is 19.9 Å². The summed E-state index contributed by atoms with van der Waals surface area (Å²) in [6.07, 6.45) is 2.47. The van der Waals surface area contributed by atoms with E-state index in [0.29, 0.717) is 18.1 Å². The highest BCUT2D eigenvalue weighted by Gasteiger charge is 2.08. The molecule has 0 aliphatic rings. The first-order valence-electron chi connectivity index (χ1n) is 7.16. The van der Waals surface area contributed by atoms with Crippen LogP contribution in [0.4, 0.5) is 5.13 Å². The molecule has 0 unspecified atom stereocenters. The van der Waals surface area contributed by atoms with Crippen LogP contribution in [-0.4, -0.2) is 28.8 Å². The lowest BCUT2D eigenvalue weighted by molar-refractivity contribution is -0.119. The topological polar surface area (TPSA) is 71.1 Å². The van der Waals surface area contributed by atoms with Gasteiger partial charge in [-0.25, -0.2) is 4.98 Å². The smallest absolute Gasteiger partial charge is 0.226 e. The Morgan fingerprint density at radius 3 is 2.65 bits per heavy atom. The van der Waals surface area contributed by atoms with Gasteiger partial charge in [0.05, 0.1) is 5.69 Å². The Kier molecular flexibility index (Phi) is 6.61. The number of carbonyl (C=O) groups excluding carboxylic acids is 2. The first-order valence-corrected chi connectivity index (χ1v) is 9.44. The monoisotopic (exact) mass is 349 g/mol. The summed E-state index contributed by atoms with van der Waals surface area (Å²) in [7, 11) is 0. The Bertz CT molecular complexity index is 668. The maximum absolute atomic E-state index is 11.7. The SMILES string of the molecule is CSCCC(=O)Nc1nc(-c2ccc(CNC(C)=O)cc2)cs1. The van der Waals surface area contributed by atoms with Gasteiger partial charge in [-0.1, -0.05) is 24.3 Å². The van der Waals surface area contributed by atoms with E-state index in [1.165, 1.54) is 18.3 Å². The summed E-state index contributed by atoms with van der Waals surface area (Å²) in [6.45, 7) is 2.02. The van der Waals surface area contributed by atoms with Crippen molar-refractivity contribution in [2.75, 3.05) is 17.3 Å². The zero-order valence-electron chi connectivity index (χ0n) is 13.1. The predicted octanol–water partition coefficient (Wildman–Crippen LogP) is 3.14. The van der Waals surface area contributed by atoms with Crippen LogP contribution >= 0.6 is 23.1 Å². The average molecular weight is 349 g/mol. The van der Waals surface area contributed by atoms with E-state index in [2.05, 4.69) is 15.6 Å². The third-order valence-corrected chi connectivity index (χ3v) is 4.45. The molecule has 1 aromatic carbocycles. The minimum absolute atomic E-state index is 0.00842. The highest BCUT2D eigenvalue weighted by molar-refractivity contribution is 7.98. The third-order valence-electron chi connectivity index (χ3n) is 3.07. The van der Waals surface area contributed by atoms with Gasteiger partial charge in [0.1, 0.15) is 0 Å². The molecule has 1 aromatic heterocycles. The van der Waals surface area contributed by atoms with E-state index in [9.17, 15) is 9.59 Å². The van der Waals surface area contributed by atoms with Gasteiger partial charge in [0.15, 0.2) is 5.13 Å². The molecule has 5 nitrogen and oxygen atoms in total. The molecule has 0 fully saturated rings. The molecule has 7 heteroatoms. The molecule has 0 saturated carbocycles. The van der Waals surface area contributed by atoms with Crippen LogP contribution in [0, 0.1) is 0 Å². The van der Waals surface area contributed by atoms with Crippen LogP contribution in [0.1, 0.15) is 18.9 Å². The van der Waals surface area contributed by atoms with Gasteiger partial charge < -0.3 is 10.6 Å². The zero-order chi connectivity index (χ0) is 16.7. The first-order chi connectivity index (χ1) is 11.1. The summed E-state index contributed by atoms with van der Waals surface area (Å²) in [5, 5.41) is 8.12. The van der Waals surface area contributed by atoms with E-state index in [-0.39, 0.29) is 11.8 Å². The van der Waals surface area contributed by atoms with Crippen LogP contribution < -0.4 is 10.6 Å². The highest BCUT2D eigenvalue weighted by atomic mass is 32.2. The summed E-state index contributed by atoms with van der Waals surface area (Å²) in [5.41, 5.74) is 2.85. The fourth-order valence-electron chi connectivity index (χ4n) is 1.86. The lowest BCUT2D eigenvalue weighted by Crippen LogP contribution is -2.18. The molecule has 2 amide bonds. The fraction of sp³-hybridized carbons (Fsp3) is 0.312. The number of aromatic nitrogens is 1. The number of hydrogen-bond acceptors (Lipinski definition) is 5. The van der Waals surface area contributed by atoms with Gasteiger partial charge in [-0.2, -0.15) is 11.8 Å². The Hall–Kier alpha value is -1.86. The van der Waals surface area contributed by atoms with Crippen molar-refractivity contribution in [3.63, 3.8) is 0 Å². The van der Waals surface area contributed by atoms with Crippen LogP contribution in [-0.2, 0) is 16.1 Å². The lowest BCUT2D eigenvalue weighted by atomic mass is 10.1. The van der Waals surface area contributed by atoms with E-state index in [1.807, 2.05) is 35.9 Å². The number of amides is 2. The van der Waals surface area contributed by atoms with Gasteiger partial charge in [-0.05, 0) is 11.8 Å². The van der Waals surface area contributed by atoms with Crippen LogP contribution in [0.2, 0.25) is 0 Å². The maximum Gasteiger partial charge on any atom is 0.226 e. The lowest BCUT2D eigenvalue weighted by Gasteiger charge is -2.03. The molecule has 0 saturated heterocycles. The number of rotatable bonds is 7. The number of nitrogens with zero attached hydrogens (tertiary/aromatic N) is 1. The molecule has 2 aromatic rings. The quantitative estimate of drug-likeness (QED) is 0.805. The minimum atomic E-state index is -0.0459. The first kappa shape index (κ1) is 17.5. The number of hydrogen-bond donors (Lipinski definition) is 2. The number of thioether (sulfide) groups is 1. The molecule has 23 heavy (non-hydrogen) atoms. The van der Waals surface area contributed by atoms with E-state index in [1.54, 1.807) is 11.8 Å². The highest BCUT2D eigenvalue weighted by Crippen LogP contribution is 2.25. The van der Waals surface area contributed by atoms with Crippen LogP contribution in [0.3, 0.4) is 0 Å². The Morgan fingerprint density at radius 1 is 1.26 bits per heavy atom. The number of thiazole rings is 1. The van der Waals surface area contributed by atoms with Gasteiger partial charge in [0.2, 0.25) is 11.8 Å². The van der Waals surface area contributed by atoms with Gasteiger partial charge in [-0.15, -0.1) is 11.3 Å². The molecule has 0 bridgehead atoms. The van der Waals surface area contributed by atoms with Crippen molar-refractivity contribution in [2.24, 2.45) is 0 Å². The van der Waals surface area contributed by atoms with Crippen LogP contribution in [0.15, 0.2) is 29.6 Å². The molecule has 0 aliphatic heterocycles. The average Bonchev–Trinajstić information content (AvgIpc) is 3.00. The van der Waals surface area contributed by atoms with Crippen molar-refractivity contribution in [1.29, 1.82) is 0 Å². The fourth-order valence-corrected chi connectivity index (χ4v) is 2.99. The molecule has 1 heterocycles. The van der Waals surface area contributed by atoms with Gasteiger partial charge in [0, 0.05) is 36.6 Å². The number of nitrogens with one attached hydrogen (secondary N) is 2. The van der Waals surface area contributed by atoms with Gasteiger partial charge in [-0.3, -0.25) is 9.59 Å². The zero-order valence-corrected chi connectivity index (χ0v) is 14.7. The summed E-state index contributed by atoms with van der Waals surface area (Å²) >= 11 is 3.06. The van der Waals surface area contributed by atoms with Crippen LogP contribution in [0.5, 0.6) is 0 Å². The minimum Gasteiger partial charge on any atom is -0.352 e. The normalized spacial score (nSPS) is 10.3. The van der Waals surface area contributed by atoms with Gasteiger partial charge in [0.25, 0.3) is 0 Å². The third kappa shape index (κ3) is 5.69. The van der Waals surface area contributed by atoms with E-state index in [0.717, 1.165) is 22.6 Å². The molecular weight excluding hydrogens is 330 g/mol. The largest absolute Gasteiger partial charge is 0.352 e. The number of benzene rings is 1. The van der Waals surface area contributed by atoms with E-state index in [4.69, 9.17) is 0 Å². The molecule has 122 valence electrons. The Balaban J connectivity index is 1.97. The molecule has 2 N–H and O–H groups in total. The second-order valence-electron chi connectivity index (χ2n) is 4.94. The van der Waals surface area contributed by atoms with Crippen molar-refractivity contribution >= 4 is 40.0 Å². The van der Waals surface area contributed by atoms with E-state index < -0.39 is 0 Å². The van der Waals surface area contributed by atoms with Crippen molar-refractivity contribution in [1.82, 2.24) is 10.3 Å². The van der Waals surface area contributed by atoms with Gasteiger partial charge >= 0.3 is 0 Å². The molecule has 0 aliphatic carbocycles. The Morgan fingerprint density at radius 2 is 2.00 bits per heavy atom. The van der Waals surface area contributed by atoms with Crippen LogP contribution in [0.25, 0.3) is 11.3 Å². The standard InChI is InChI=1S/C16H19N3O2S2/c1-11(20)17-9-12-3-5-13(6-4-12)14-10-23-16(18-14)19-15(21)7-8-22-2/h3-6,10H,7-9H2,1-2H3,(H,17,20)(H,18,19,21). The number of anilines is 1. The molecule has 0 spiro atoms. The molecular formula is C16H19N3O2S2. The molecule has 0 radical (unpaired) electrons. The van der Waals surface area contributed by atoms with E-state index >= 15 is 0 Å². The second-order valence-corrected chi connectivity index (χ2v) is 6.78. The summed E-state index contributed by atoms with van der Waals surface area (Å²) in [4.78, 5) is 27.0. The summed E-state index contributed by atoms with van der Waals surface area (Å²) < 4.78 is 0. The predicted molar refractivity (Wildman–Crippen MR) is 96.7 cm³/mol. The van der Waals surface area contributed by atoms with Crippen molar-refractivity contribution in [3.05, 3.63) is 35.2 Å². The van der Waals surface area contributed by atoms with Crippen molar-refractivity contribution in [3.8, 4) is 11.3 Å². The second kappa shape index (κ2) is 8.69. The molecule has 2 rings (SSSR count). The molecule has 0 atom stereocenters. The Labute approximate surface area is 143 Å².